The predicted octanol–water partition coefficient (Wildman–Crippen LogP) is 3.43. The predicted molar refractivity (Wildman–Crippen MR) is 88.0 cm³/mol. The molecule has 1 aromatic carbocycles. The third kappa shape index (κ3) is 4.07. The van der Waals surface area contributed by atoms with Gasteiger partial charge in [0.25, 0.3) is 0 Å². The average Bonchev–Trinajstić information content (AvgIpc) is 2.49. The van der Waals surface area contributed by atoms with Gasteiger partial charge in [0.15, 0.2) is 0 Å². The van der Waals surface area contributed by atoms with Crippen molar-refractivity contribution < 1.29 is 9.90 Å². The summed E-state index contributed by atoms with van der Waals surface area (Å²) in [6, 6.07) is 12.2. The number of aromatic nitrogens is 1. The SMILES string of the molecule is Cc1ccc(CN(CC(C)C(=O)O)c2ncccc2C)cc1. The lowest BCUT2D eigenvalue weighted by molar-refractivity contribution is -0.140. The highest BCUT2D eigenvalue weighted by Gasteiger charge is 2.19. The third-order valence-electron chi connectivity index (χ3n) is 3.69. The van der Waals surface area contributed by atoms with Crippen molar-refractivity contribution in [3.05, 3.63) is 59.3 Å². The maximum atomic E-state index is 11.2. The highest BCUT2D eigenvalue weighted by atomic mass is 16.4. The number of anilines is 1. The van der Waals surface area contributed by atoms with Crippen molar-refractivity contribution >= 4 is 11.8 Å². The van der Waals surface area contributed by atoms with Gasteiger partial charge in [-0.25, -0.2) is 4.98 Å². The minimum Gasteiger partial charge on any atom is -0.481 e. The minimum atomic E-state index is -0.789. The lowest BCUT2D eigenvalue weighted by atomic mass is 10.1. The molecule has 116 valence electrons. The molecule has 0 amide bonds. The monoisotopic (exact) mass is 298 g/mol. The average molecular weight is 298 g/mol. The first-order chi connectivity index (χ1) is 10.5. The van der Waals surface area contributed by atoms with E-state index >= 15 is 0 Å². The fourth-order valence-electron chi connectivity index (χ4n) is 2.36. The molecule has 0 saturated heterocycles. The standard InChI is InChI=1S/C18H22N2O2/c1-13-6-8-16(9-7-13)12-20(11-15(3)18(21)22)17-14(2)5-4-10-19-17/h4-10,15H,11-12H2,1-3H3,(H,21,22). The number of hydrogen-bond donors (Lipinski definition) is 1. The van der Waals surface area contributed by atoms with Crippen LogP contribution in [0.1, 0.15) is 23.6 Å². The van der Waals surface area contributed by atoms with Gasteiger partial charge in [-0.15, -0.1) is 0 Å². The van der Waals surface area contributed by atoms with E-state index in [-0.39, 0.29) is 0 Å². The summed E-state index contributed by atoms with van der Waals surface area (Å²) in [5.41, 5.74) is 3.41. The Morgan fingerprint density at radius 1 is 1.23 bits per heavy atom. The summed E-state index contributed by atoms with van der Waals surface area (Å²) < 4.78 is 0. The summed E-state index contributed by atoms with van der Waals surface area (Å²) in [7, 11) is 0. The zero-order valence-electron chi connectivity index (χ0n) is 13.3. The Bertz CT molecular complexity index is 638. The van der Waals surface area contributed by atoms with Gasteiger partial charge in [0.05, 0.1) is 5.92 Å². The van der Waals surface area contributed by atoms with Gasteiger partial charge in [-0.05, 0) is 31.0 Å². The van der Waals surface area contributed by atoms with Crippen LogP contribution in [0.25, 0.3) is 0 Å². The van der Waals surface area contributed by atoms with E-state index in [1.54, 1.807) is 13.1 Å². The largest absolute Gasteiger partial charge is 0.481 e. The molecule has 1 N–H and O–H groups in total. The zero-order valence-corrected chi connectivity index (χ0v) is 13.3. The molecule has 1 atom stereocenters. The molecule has 4 heteroatoms. The van der Waals surface area contributed by atoms with E-state index in [9.17, 15) is 9.90 Å². The highest BCUT2D eigenvalue weighted by molar-refractivity contribution is 5.70. The number of aliphatic carboxylic acids is 1. The molecule has 0 spiro atoms. The Labute approximate surface area is 131 Å². The van der Waals surface area contributed by atoms with Crippen LogP contribution in [0, 0.1) is 19.8 Å². The lowest BCUT2D eigenvalue weighted by Crippen LogP contribution is -2.32. The van der Waals surface area contributed by atoms with E-state index in [4.69, 9.17) is 0 Å². The molecular weight excluding hydrogens is 276 g/mol. The number of carboxylic acids is 1. The number of rotatable bonds is 6. The first kappa shape index (κ1) is 16.0. The number of aryl methyl sites for hydroxylation is 2. The van der Waals surface area contributed by atoms with Crippen molar-refractivity contribution in [1.29, 1.82) is 0 Å². The van der Waals surface area contributed by atoms with Crippen molar-refractivity contribution in [2.24, 2.45) is 5.92 Å². The Balaban J connectivity index is 2.27. The minimum absolute atomic E-state index is 0.432. The fraction of sp³-hybridized carbons (Fsp3) is 0.333. The molecule has 2 rings (SSSR count). The van der Waals surface area contributed by atoms with Crippen LogP contribution in [0.4, 0.5) is 5.82 Å². The van der Waals surface area contributed by atoms with Crippen LogP contribution < -0.4 is 4.90 Å². The summed E-state index contributed by atoms with van der Waals surface area (Å²) in [5, 5.41) is 9.20. The molecule has 1 heterocycles. The second-order valence-corrected chi connectivity index (χ2v) is 5.75. The second-order valence-electron chi connectivity index (χ2n) is 5.75. The van der Waals surface area contributed by atoms with Crippen LogP contribution in [0.5, 0.6) is 0 Å². The molecule has 0 aliphatic carbocycles. The van der Waals surface area contributed by atoms with Gasteiger partial charge in [-0.1, -0.05) is 42.8 Å². The molecule has 0 bridgehead atoms. The summed E-state index contributed by atoms with van der Waals surface area (Å²) in [4.78, 5) is 17.7. The molecule has 0 radical (unpaired) electrons. The van der Waals surface area contributed by atoms with E-state index < -0.39 is 11.9 Å². The molecule has 1 unspecified atom stereocenters. The summed E-state index contributed by atoms with van der Waals surface area (Å²) in [6.45, 7) is 6.85. The van der Waals surface area contributed by atoms with Crippen LogP contribution in [-0.2, 0) is 11.3 Å². The van der Waals surface area contributed by atoms with Gasteiger partial charge in [-0.2, -0.15) is 0 Å². The van der Waals surface area contributed by atoms with Gasteiger partial charge in [0.2, 0.25) is 0 Å². The number of benzene rings is 1. The van der Waals surface area contributed by atoms with Crippen molar-refractivity contribution in [3.63, 3.8) is 0 Å². The first-order valence-corrected chi connectivity index (χ1v) is 7.42. The number of nitrogens with zero attached hydrogens (tertiary/aromatic N) is 2. The number of carboxylic acid groups (broad SMARTS) is 1. The molecule has 4 nitrogen and oxygen atoms in total. The third-order valence-corrected chi connectivity index (χ3v) is 3.69. The molecule has 22 heavy (non-hydrogen) atoms. The Kier molecular flexibility index (Phi) is 5.15. The molecule has 1 aromatic heterocycles. The Hall–Kier alpha value is -2.36. The van der Waals surface area contributed by atoms with Crippen LogP contribution in [0.15, 0.2) is 42.6 Å². The highest BCUT2D eigenvalue weighted by Crippen LogP contribution is 2.20. The molecule has 0 aliphatic rings. The Morgan fingerprint density at radius 2 is 1.91 bits per heavy atom. The molecule has 0 aliphatic heterocycles. The quantitative estimate of drug-likeness (QED) is 0.887. The van der Waals surface area contributed by atoms with Gasteiger partial charge < -0.3 is 10.0 Å². The van der Waals surface area contributed by atoms with E-state index in [1.807, 2.05) is 24.0 Å². The molecule has 2 aromatic rings. The van der Waals surface area contributed by atoms with E-state index in [1.165, 1.54) is 5.56 Å². The topological polar surface area (TPSA) is 53.4 Å². The summed E-state index contributed by atoms with van der Waals surface area (Å²) in [6.07, 6.45) is 1.75. The molecule has 0 saturated carbocycles. The van der Waals surface area contributed by atoms with E-state index in [0.29, 0.717) is 13.1 Å². The first-order valence-electron chi connectivity index (χ1n) is 7.42. The smallest absolute Gasteiger partial charge is 0.308 e. The lowest BCUT2D eigenvalue weighted by Gasteiger charge is -2.27. The van der Waals surface area contributed by atoms with Crippen LogP contribution in [0.3, 0.4) is 0 Å². The maximum Gasteiger partial charge on any atom is 0.308 e. The van der Waals surface area contributed by atoms with Gasteiger partial charge in [0, 0.05) is 19.3 Å². The van der Waals surface area contributed by atoms with E-state index in [2.05, 4.69) is 36.2 Å². The zero-order chi connectivity index (χ0) is 16.1. The van der Waals surface area contributed by atoms with Crippen molar-refractivity contribution in [1.82, 2.24) is 4.98 Å². The molecular formula is C18H22N2O2. The van der Waals surface area contributed by atoms with Gasteiger partial charge >= 0.3 is 5.97 Å². The fourth-order valence-corrected chi connectivity index (χ4v) is 2.36. The van der Waals surface area contributed by atoms with Crippen LogP contribution in [-0.4, -0.2) is 22.6 Å². The maximum absolute atomic E-state index is 11.2. The number of hydrogen-bond acceptors (Lipinski definition) is 3. The summed E-state index contributed by atoms with van der Waals surface area (Å²) >= 11 is 0. The number of pyridine rings is 1. The van der Waals surface area contributed by atoms with Crippen molar-refractivity contribution in [3.8, 4) is 0 Å². The van der Waals surface area contributed by atoms with E-state index in [0.717, 1.165) is 16.9 Å². The molecule has 0 fully saturated rings. The van der Waals surface area contributed by atoms with Gasteiger partial charge in [0.1, 0.15) is 5.82 Å². The Morgan fingerprint density at radius 3 is 2.50 bits per heavy atom. The van der Waals surface area contributed by atoms with Gasteiger partial charge in [-0.3, -0.25) is 4.79 Å². The number of carbonyl (C=O) groups is 1. The second kappa shape index (κ2) is 7.07. The van der Waals surface area contributed by atoms with Crippen LogP contribution in [0.2, 0.25) is 0 Å². The normalized spacial score (nSPS) is 12.0. The van der Waals surface area contributed by atoms with Crippen LogP contribution >= 0.6 is 0 Å². The summed E-state index contributed by atoms with van der Waals surface area (Å²) in [5.74, 6) is -0.398. The van der Waals surface area contributed by atoms with Crippen molar-refractivity contribution in [2.45, 2.75) is 27.3 Å². The van der Waals surface area contributed by atoms with Crippen molar-refractivity contribution in [2.75, 3.05) is 11.4 Å².